The molecule has 10 nitrogen and oxygen atoms in total. The Balaban J connectivity index is 1.55. The van der Waals surface area contributed by atoms with Crippen LogP contribution in [0.4, 0.5) is 4.39 Å². The predicted molar refractivity (Wildman–Crippen MR) is 122 cm³/mol. The van der Waals surface area contributed by atoms with Gasteiger partial charge in [0, 0.05) is 25.1 Å². The summed E-state index contributed by atoms with van der Waals surface area (Å²) in [7, 11) is 1.58. The summed E-state index contributed by atoms with van der Waals surface area (Å²) in [4.78, 5) is 23.1. The molecular formula is C23H23FN6O4. The Morgan fingerprint density at radius 1 is 1.29 bits per heavy atom. The van der Waals surface area contributed by atoms with Crippen molar-refractivity contribution >= 4 is 22.3 Å². The van der Waals surface area contributed by atoms with Gasteiger partial charge in [-0.25, -0.2) is 4.39 Å². The highest BCUT2D eigenvalue weighted by Gasteiger charge is 2.22. The van der Waals surface area contributed by atoms with Crippen LogP contribution in [-0.2, 0) is 9.57 Å². The minimum atomic E-state index is -0.546. The van der Waals surface area contributed by atoms with Gasteiger partial charge >= 0.3 is 0 Å². The van der Waals surface area contributed by atoms with Crippen LogP contribution in [0.15, 0.2) is 47.7 Å². The zero-order valence-electron chi connectivity index (χ0n) is 18.9. The molecule has 0 bridgehead atoms. The first kappa shape index (κ1) is 22.0. The van der Waals surface area contributed by atoms with Crippen LogP contribution < -0.4 is 15.8 Å². The molecule has 176 valence electrons. The molecule has 0 amide bonds. The van der Waals surface area contributed by atoms with Crippen LogP contribution in [0.5, 0.6) is 5.75 Å². The Kier molecular flexibility index (Phi) is 5.72. The van der Waals surface area contributed by atoms with Gasteiger partial charge in [0.25, 0.3) is 5.56 Å². The molecule has 1 aliphatic heterocycles. The molecule has 1 N–H and O–H groups in total. The lowest BCUT2D eigenvalue weighted by atomic mass is 10.2. The molecule has 0 spiro atoms. The number of hydrogen-bond acceptors (Lipinski definition) is 8. The maximum Gasteiger partial charge on any atom is 0.260 e. The summed E-state index contributed by atoms with van der Waals surface area (Å²) < 4.78 is 28.5. The first-order chi connectivity index (χ1) is 16.5. The normalized spacial score (nSPS) is 16.6. The summed E-state index contributed by atoms with van der Waals surface area (Å²) in [5, 5.41) is 8.58. The van der Waals surface area contributed by atoms with Gasteiger partial charge in [0.2, 0.25) is 0 Å². The summed E-state index contributed by atoms with van der Waals surface area (Å²) in [6, 6.07) is 4.20. The monoisotopic (exact) mass is 466 g/mol. The van der Waals surface area contributed by atoms with Crippen LogP contribution in [0.1, 0.15) is 31.3 Å². The molecular weight excluding hydrogens is 443 g/mol. The largest absolute Gasteiger partial charge is 0.490 e. The molecule has 1 aliphatic rings. The average molecular weight is 466 g/mol. The number of methoxy groups -OCH3 is 1. The maximum atomic E-state index is 14.8. The lowest BCUT2D eigenvalue weighted by Crippen LogP contribution is -2.25. The van der Waals surface area contributed by atoms with Crippen LogP contribution in [0, 0.1) is 5.82 Å². The minimum Gasteiger partial charge on any atom is -0.490 e. The zero-order valence-corrected chi connectivity index (χ0v) is 18.9. The van der Waals surface area contributed by atoms with E-state index < -0.39 is 11.9 Å². The first-order valence-corrected chi connectivity index (χ1v) is 10.8. The quantitative estimate of drug-likeness (QED) is 0.414. The van der Waals surface area contributed by atoms with Gasteiger partial charge in [0.05, 0.1) is 35.8 Å². The van der Waals surface area contributed by atoms with E-state index in [9.17, 15) is 9.18 Å². The van der Waals surface area contributed by atoms with Crippen molar-refractivity contribution in [3.05, 3.63) is 70.4 Å². The Hall–Kier alpha value is -3.83. The molecule has 0 aliphatic carbocycles. The topological polar surface area (TPSA) is 105 Å². The number of aromatic nitrogens is 5. The number of nitrogens with zero attached hydrogens (tertiary/aromatic N) is 5. The van der Waals surface area contributed by atoms with Gasteiger partial charge in [-0.3, -0.25) is 14.2 Å². The summed E-state index contributed by atoms with van der Waals surface area (Å²) in [5.41, 5.74) is 3.67. The number of rotatable bonds is 7. The lowest BCUT2D eigenvalue weighted by molar-refractivity contribution is 0.146. The third kappa shape index (κ3) is 3.88. The molecule has 0 aromatic carbocycles. The fraction of sp³-hybridized carbons (Fsp3) is 0.304. The molecule has 2 unspecified atom stereocenters. The molecule has 0 saturated heterocycles. The highest BCUT2D eigenvalue weighted by molar-refractivity contribution is 5.78. The van der Waals surface area contributed by atoms with Gasteiger partial charge in [-0.05, 0) is 38.1 Å². The summed E-state index contributed by atoms with van der Waals surface area (Å²) in [5.74, 6) is 0.840. The number of pyridine rings is 3. The molecule has 2 atom stereocenters. The second kappa shape index (κ2) is 8.84. The van der Waals surface area contributed by atoms with Crippen LogP contribution in [0.2, 0.25) is 0 Å². The second-order valence-corrected chi connectivity index (χ2v) is 8.02. The van der Waals surface area contributed by atoms with E-state index in [-0.39, 0.29) is 17.2 Å². The number of ether oxygens (including phenoxy) is 2. The van der Waals surface area contributed by atoms with Crippen molar-refractivity contribution in [2.45, 2.75) is 25.9 Å². The van der Waals surface area contributed by atoms with E-state index in [0.717, 1.165) is 0 Å². The fourth-order valence-corrected chi connectivity index (χ4v) is 3.87. The molecule has 0 saturated carbocycles. The molecule has 0 fully saturated rings. The zero-order chi connectivity index (χ0) is 23.8. The van der Waals surface area contributed by atoms with E-state index in [1.165, 1.54) is 10.6 Å². The number of nitrogens with one attached hydrogen (secondary N) is 1. The van der Waals surface area contributed by atoms with E-state index in [4.69, 9.17) is 14.3 Å². The molecule has 5 heterocycles. The van der Waals surface area contributed by atoms with Crippen molar-refractivity contribution in [3.8, 4) is 5.75 Å². The van der Waals surface area contributed by atoms with Crippen molar-refractivity contribution < 1.29 is 18.7 Å². The van der Waals surface area contributed by atoms with Gasteiger partial charge in [0.1, 0.15) is 12.4 Å². The Bertz CT molecular complexity index is 1460. The Morgan fingerprint density at radius 3 is 2.91 bits per heavy atom. The van der Waals surface area contributed by atoms with E-state index in [2.05, 4.69) is 20.7 Å². The van der Waals surface area contributed by atoms with Crippen molar-refractivity contribution in [2.75, 3.05) is 20.3 Å². The van der Waals surface area contributed by atoms with Gasteiger partial charge < -0.3 is 18.9 Å². The third-order valence-electron chi connectivity index (χ3n) is 5.63. The van der Waals surface area contributed by atoms with Gasteiger partial charge in [0.15, 0.2) is 23.0 Å². The minimum absolute atomic E-state index is 0.00113. The van der Waals surface area contributed by atoms with Gasteiger partial charge in [-0.2, -0.15) is 0 Å². The van der Waals surface area contributed by atoms with E-state index in [1.54, 1.807) is 49.2 Å². The summed E-state index contributed by atoms with van der Waals surface area (Å²) in [6.45, 7) is 4.48. The highest BCUT2D eigenvalue weighted by atomic mass is 19.1. The molecule has 4 aromatic rings. The van der Waals surface area contributed by atoms with Crippen molar-refractivity contribution in [1.29, 1.82) is 0 Å². The van der Waals surface area contributed by atoms with E-state index >= 15 is 0 Å². The first-order valence-electron chi connectivity index (χ1n) is 10.8. The predicted octanol–water partition coefficient (Wildman–Crippen LogP) is 2.48. The van der Waals surface area contributed by atoms with Gasteiger partial charge in [-0.1, -0.05) is 0 Å². The fourth-order valence-electron chi connectivity index (χ4n) is 3.87. The summed E-state index contributed by atoms with van der Waals surface area (Å²) >= 11 is 0. The number of hydroxylamine groups is 1. The SMILES string of the molecule is COCCOc1cnc2ccn(C(C)c3nnc4c(F)cc(C5=CC(C)NO5)cn34)c(=O)c2c1. The Labute approximate surface area is 193 Å². The van der Waals surface area contributed by atoms with Crippen LogP contribution in [0.3, 0.4) is 0 Å². The number of hydrogen-bond donors (Lipinski definition) is 1. The maximum absolute atomic E-state index is 14.8. The van der Waals surface area contributed by atoms with Crippen LogP contribution >= 0.6 is 0 Å². The van der Waals surface area contributed by atoms with Crippen LogP contribution in [0.25, 0.3) is 22.3 Å². The number of fused-ring (bicyclic) bond motifs is 2. The Morgan fingerprint density at radius 2 is 2.15 bits per heavy atom. The van der Waals surface area contributed by atoms with Crippen molar-refractivity contribution in [3.63, 3.8) is 0 Å². The van der Waals surface area contributed by atoms with Crippen LogP contribution in [-0.4, -0.2) is 50.5 Å². The molecule has 5 rings (SSSR count). The molecule has 4 aromatic heterocycles. The molecule has 0 radical (unpaired) electrons. The highest BCUT2D eigenvalue weighted by Crippen LogP contribution is 2.25. The van der Waals surface area contributed by atoms with E-state index in [0.29, 0.717) is 47.0 Å². The second-order valence-electron chi connectivity index (χ2n) is 8.02. The molecule has 11 heteroatoms. The van der Waals surface area contributed by atoms with Gasteiger partial charge in [-0.15, -0.1) is 15.7 Å². The average Bonchev–Trinajstić information content (AvgIpc) is 3.46. The van der Waals surface area contributed by atoms with E-state index in [1.807, 2.05) is 13.0 Å². The number of halogens is 1. The lowest BCUT2D eigenvalue weighted by Gasteiger charge is -2.15. The summed E-state index contributed by atoms with van der Waals surface area (Å²) in [6.07, 6.45) is 6.76. The molecule has 34 heavy (non-hydrogen) atoms. The standard InChI is InChI=1S/C23H23FN6O4/c1-13-8-20(34-28-13)15-9-18(24)22-27-26-21(30(22)12-15)14(2)29-5-4-19-17(23(29)31)10-16(11-25-19)33-7-6-32-3/h4-5,8-14,28H,6-7H2,1-3H3. The van der Waals surface area contributed by atoms with Crippen molar-refractivity contribution in [2.24, 2.45) is 0 Å². The third-order valence-corrected chi connectivity index (χ3v) is 5.63. The van der Waals surface area contributed by atoms with Crippen molar-refractivity contribution in [1.82, 2.24) is 29.6 Å². The smallest absolute Gasteiger partial charge is 0.260 e.